The Kier molecular flexibility index (Phi) is 5.77. The third kappa shape index (κ3) is 5.55. The average Bonchev–Trinajstić information content (AvgIpc) is 2.54. The number of nitro benzene ring substituents is 1. The highest BCUT2D eigenvalue weighted by molar-refractivity contribution is 5.89. The molecule has 1 aliphatic carbocycles. The number of nitro groups is 1. The van der Waals surface area contributed by atoms with Crippen LogP contribution in [0.15, 0.2) is 24.3 Å². The van der Waals surface area contributed by atoms with Gasteiger partial charge in [-0.1, -0.05) is 0 Å². The number of esters is 2. The number of benzene rings is 1. The second kappa shape index (κ2) is 7.63. The number of non-ortho nitro benzene ring substituents is 1. The molecule has 0 heterocycles. The van der Waals surface area contributed by atoms with Crippen molar-refractivity contribution in [3.05, 3.63) is 39.9 Å². The van der Waals surface area contributed by atoms with Crippen molar-refractivity contribution in [2.75, 3.05) is 0 Å². The van der Waals surface area contributed by atoms with E-state index in [1.807, 2.05) is 20.8 Å². The lowest BCUT2D eigenvalue weighted by atomic mass is 9.87. The van der Waals surface area contributed by atoms with Gasteiger partial charge in [0.1, 0.15) is 11.7 Å². The van der Waals surface area contributed by atoms with Gasteiger partial charge in [0, 0.05) is 12.1 Å². The van der Waals surface area contributed by atoms with Gasteiger partial charge >= 0.3 is 11.9 Å². The Morgan fingerprint density at radius 2 is 1.64 bits per heavy atom. The van der Waals surface area contributed by atoms with E-state index in [-0.39, 0.29) is 29.2 Å². The van der Waals surface area contributed by atoms with Crippen molar-refractivity contribution in [2.24, 2.45) is 5.92 Å². The maximum atomic E-state index is 12.1. The zero-order chi connectivity index (χ0) is 18.6. The van der Waals surface area contributed by atoms with Crippen LogP contribution in [0.2, 0.25) is 0 Å². The quantitative estimate of drug-likeness (QED) is 0.468. The Balaban J connectivity index is 1.84. The monoisotopic (exact) mass is 349 g/mol. The number of rotatable bonds is 4. The average molecular weight is 349 g/mol. The van der Waals surface area contributed by atoms with Crippen molar-refractivity contribution in [3.8, 4) is 0 Å². The van der Waals surface area contributed by atoms with Crippen LogP contribution in [0.25, 0.3) is 0 Å². The smallest absolute Gasteiger partial charge is 0.338 e. The van der Waals surface area contributed by atoms with Gasteiger partial charge in [-0.05, 0) is 58.6 Å². The Morgan fingerprint density at radius 1 is 1.08 bits per heavy atom. The van der Waals surface area contributed by atoms with Gasteiger partial charge in [0.2, 0.25) is 0 Å². The summed E-state index contributed by atoms with van der Waals surface area (Å²) in [5.41, 5.74) is -0.301. The van der Waals surface area contributed by atoms with Crippen molar-refractivity contribution >= 4 is 17.6 Å². The highest BCUT2D eigenvalue weighted by atomic mass is 16.6. The molecule has 0 unspecified atom stereocenters. The van der Waals surface area contributed by atoms with Gasteiger partial charge < -0.3 is 9.47 Å². The summed E-state index contributed by atoms with van der Waals surface area (Å²) >= 11 is 0. The summed E-state index contributed by atoms with van der Waals surface area (Å²) in [5.74, 6) is -0.864. The first-order valence-electron chi connectivity index (χ1n) is 8.34. The zero-order valence-electron chi connectivity index (χ0n) is 14.7. The van der Waals surface area contributed by atoms with Crippen LogP contribution in [-0.4, -0.2) is 28.6 Å². The number of hydrogen-bond acceptors (Lipinski definition) is 6. The molecule has 0 amide bonds. The van der Waals surface area contributed by atoms with Gasteiger partial charge in [-0.3, -0.25) is 14.9 Å². The summed E-state index contributed by atoms with van der Waals surface area (Å²) in [5, 5.41) is 10.6. The Morgan fingerprint density at radius 3 is 2.12 bits per heavy atom. The van der Waals surface area contributed by atoms with Crippen molar-refractivity contribution in [2.45, 2.75) is 58.2 Å². The standard InChI is InChI=1S/C18H23NO6/c1-18(2,3)25-17(21)13-6-10-15(11-7-13)24-16(20)12-4-8-14(9-5-12)19(22)23/h4-5,8-9,13,15H,6-7,10-11H2,1-3H3. The van der Waals surface area contributed by atoms with Crippen LogP contribution in [0, 0.1) is 16.0 Å². The molecule has 1 saturated carbocycles. The molecule has 25 heavy (non-hydrogen) atoms. The molecule has 0 bridgehead atoms. The molecule has 0 N–H and O–H groups in total. The van der Waals surface area contributed by atoms with Crippen LogP contribution in [0.1, 0.15) is 56.8 Å². The molecule has 1 fully saturated rings. The Labute approximate surface area is 146 Å². The highest BCUT2D eigenvalue weighted by Gasteiger charge is 2.31. The number of carbonyl (C=O) groups is 2. The molecule has 0 radical (unpaired) electrons. The predicted octanol–water partition coefficient (Wildman–Crippen LogP) is 3.65. The molecule has 0 spiro atoms. The zero-order valence-corrected chi connectivity index (χ0v) is 14.7. The molecule has 1 aromatic rings. The number of ether oxygens (including phenoxy) is 2. The fourth-order valence-corrected chi connectivity index (χ4v) is 2.74. The minimum absolute atomic E-state index is 0.0746. The fourth-order valence-electron chi connectivity index (χ4n) is 2.74. The Bertz CT molecular complexity index is 639. The fraction of sp³-hybridized carbons (Fsp3) is 0.556. The molecular weight excluding hydrogens is 326 g/mol. The van der Waals surface area contributed by atoms with E-state index in [1.165, 1.54) is 24.3 Å². The van der Waals surface area contributed by atoms with Gasteiger partial charge in [-0.15, -0.1) is 0 Å². The molecule has 2 rings (SSSR count). The van der Waals surface area contributed by atoms with Gasteiger partial charge in [-0.2, -0.15) is 0 Å². The summed E-state index contributed by atoms with van der Waals surface area (Å²) in [6.07, 6.45) is 2.19. The van der Waals surface area contributed by atoms with Crippen molar-refractivity contribution < 1.29 is 24.0 Å². The van der Waals surface area contributed by atoms with Crippen LogP contribution in [0.5, 0.6) is 0 Å². The number of hydrogen-bond donors (Lipinski definition) is 0. The lowest BCUT2D eigenvalue weighted by Crippen LogP contribution is -2.33. The van der Waals surface area contributed by atoms with E-state index in [2.05, 4.69) is 0 Å². The number of carbonyl (C=O) groups excluding carboxylic acids is 2. The lowest BCUT2D eigenvalue weighted by Gasteiger charge is -2.29. The maximum absolute atomic E-state index is 12.1. The normalized spacial score (nSPS) is 20.6. The van der Waals surface area contributed by atoms with E-state index in [9.17, 15) is 19.7 Å². The lowest BCUT2D eigenvalue weighted by molar-refractivity contribution is -0.384. The van der Waals surface area contributed by atoms with Gasteiger partial charge in [0.15, 0.2) is 0 Å². The SMILES string of the molecule is CC(C)(C)OC(=O)C1CCC(OC(=O)c2ccc([N+](=O)[O-])cc2)CC1. The largest absolute Gasteiger partial charge is 0.460 e. The van der Waals surface area contributed by atoms with E-state index >= 15 is 0 Å². The summed E-state index contributed by atoms with van der Waals surface area (Å²) < 4.78 is 10.8. The molecular formula is C18H23NO6. The highest BCUT2D eigenvalue weighted by Crippen LogP contribution is 2.29. The maximum Gasteiger partial charge on any atom is 0.338 e. The first-order chi connectivity index (χ1) is 11.7. The van der Waals surface area contributed by atoms with Crippen LogP contribution in [0.3, 0.4) is 0 Å². The van der Waals surface area contributed by atoms with Gasteiger partial charge in [0.05, 0.1) is 16.4 Å². The van der Waals surface area contributed by atoms with E-state index in [0.717, 1.165) is 0 Å². The van der Waals surface area contributed by atoms with Crippen molar-refractivity contribution in [1.82, 2.24) is 0 Å². The molecule has 0 aliphatic heterocycles. The minimum Gasteiger partial charge on any atom is -0.460 e. The summed E-state index contributed by atoms with van der Waals surface area (Å²) in [6.45, 7) is 5.51. The molecule has 0 atom stereocenters. The van der Waals surface area contributed by atoms with Crippen LogP contribution < -0.4 is 0 Å². The van der Waals surface area contributed by atoms with E-state index in [4.69, 9.17) is 9.47 Å². The van der Waals surface area contributed by atoms with Crippen LogP contribution >= 0.6 is 0 Å². The minimum atomic E-state index is -0.521. The first kappa shape index (κ1) is 18.9. The van der Waals surface area contributed by atoms with Crippen molar-refractivity contribution in [3.63, 3.8) is 0 Å². The summed E-state index contributed by atoms with van der Waals surface area (Å²) in [4.78, 5) is 34.3. The van der Waals surface area contributed by atoms with Gasteiger partial charge in [0.25, 0.3) is 5.69 Å². The molecule has 1 aliphatic rings. The molecule has 7 nitrogen and oxygen atoms in total. The summed E-state index contributed by atoms with van der Waals surface area (Å²) in [7, 11) is 0. The van der Waals surface area contributed by atoms with Crippen LogP contribution in [0.4, 0.5) is 5.69 Å². The third-order valence-corrected chi connectivity index (χ3v) is 4.00. The van der Waals surface area contributed by atoms with E-state index < -0.39 is 16.5 Å². The van der Waals surface area contributed by atoms with Gasteiger partial charge in [-0.25, -0.2) is 4.79 Å². The van der Waals surface area contributed by atoms with Crippen molar-refractivity contribution in [1.29, 1.82) is 0 Å². The molecule has 7 heteroatoms. The number of nitrogens with zero attached hydrogens (tertiary/aromatic N) is 1. The first-order valence-corrected chi connectivity index (χ1v) is 8.34. The summed E-state index contributed by atoms with van der Waals surface area (Å²) in [6, 6.07) is 5.31. The molecule has 1 aromatic carbocycles. The molecule has 136 valence electrons. The van der Waals surface area contributed by atoms with E-state index in [0.29, 0.717) is 25.7 Å². The molecule has 0 saturated heterocycles. The van der Waals surface area contributed by atoms with Crippen LogP contribution in [-0.2, 0) is 14.3 Å². The predicted molar refractivity (Wildman–Crippen MR) is 90.1 cm³/mol. The Hall–Kier alpha value is -2.44. The molecule has 0 aromatic heterocycles. The third-order valence-electron chi connectivity index (χ3n) is 4.00. The topological polar surface area (TPSA) is 95.7 Å². The second-order valence-corrected chi connectivity index (χ2v) is 7.22. The van der Waals surface area contributed by atoms with E-state index in [1.54, 1.807) is 0 Å². The second-order valence-electron chi connectivity index (χ2n) is 7.22.